The van der Waals surface area contributed by atoms with Gasteiger partial charge in [-0.1, -0.05) is 0 Å². The van der Waals surface area contributed by atoms with Crippen LogP contribution >= 0.6 is 0 Å². The predicted molar refractivity (Wildman–Crippen MR) is 67.5 cm³/mol. The fourth-order valence-corrected chi connectivity index (χ4v) is 1.39. The van der Waals surface area contributed by atoms with Crippen molar-refractivity contribution in [3.05, 3.63) is 30.1 Å². The lowest BCUT2D eigenvalue weighted by Gasteiger charge is -2.14. The van der Waals surface area contributed by atoms with E-state index >= 15 is 0 Å². The molecular formula is C12H17N3O4. The molecule has 3 N–H and O–H groups in total. The monoisotopic (exact) mass is 267 g/mol. The number of carbonyl (C=O) groups is 2. The highest BCUT2D eigenvalue weighted by atomic mass is 16.5. The molecule has 1 heterocycles. The third-order valence-corrected chi connectivity index (χ3v) is 2.42. The number of aromatic nitrogens is 1. The van der Waals surface area contributed by atoms with E-state index in [0.717, 1.165) is 5.56 Å². The molecule has 19 heavy (non-hydrogen) atoms. The summed E-state index contributed by atoms with van der Waals surface area (Å²) in [6.45, 7) is 0.576. The summed E-state index contributed by atoms with van der Waals surface area (Å²) < 4.78 is 4.79. The van der Waals surface area contributed by atoms with E-state index in [1.807, 2.05) is 0 Å². The van der Waals surface area contributed by atoms with Crippen LogP contribution in [0.2, 0.25) is 0 Å². The quantitative estimate of drug-likeness (QED) is 0.662. The second kappa shape index (κ2) is 8.04. The Morgan fingerprint density at radius 3 is 2.68 bits per heavy atom. The molecule has 0 aliphatic heterocycles. The number of rotatable bonds is 7. The number of methoxy groups -OCH3 is 1. The first-order valence-electron chi connectivity index (χ1n) is 5.78. The highest BCUT2D eigenvalue weighted by molar-refractivity contribution is 5.82. The molecule has 1 rings (SSSR count). The van der Waals surface area contributed by atoms with Gasteiger partial charge in [0.25, 0.3) is 0 Å². The van der Waals surface area contributed by atoms with Crippen LogP contribution in [0.5, 0.6) is 0 Å². The Morgan fingerprint density at radius 2 is 2.11 bits per heavy atom. The number of pyridine rings is 1. The Bertz CT molecular complexity index is 411. The van der Waals surface area contributed by atoms with Crippen molar-refractivity contribution in [1.29, 1.82) is 0 Å². The summed E-state index contributed by atoms with van der Waals surface area (Å²) in [6.07, 6.45) is 3.45. The summed E-state index contributed by atoms with van der Waals surface area (Å²) in [6, 6.07) is 2.04. The van der Waals surface area contributed by atoms with Gasteiger partial charge in [-0.3, -0.25) is 4.98 Å². The number of nitrogens with zero attached hydrogens (tertiary/aromatic N) is 1. The molecule has 2 amide bonds. The number of hydrogen-bond donors (Lipinski definition) is 3. The third kappa shape index (κ3) is 5.82. The molecule has 0 bridgehead atoms. The maximum Gasteiger partial charge on any atom is 0.326 e. The molecule has 1 atom stereocenters. The average molecular weight is 267 g/mol. The van der Waals surface area contributed by atoms with Crippen molar-refractivity contribution >= 4 is 12.0 Å². The van der Waals surface area contributed by atoms with Gasteiger partial charge in [-0.05, 0) is 17.7 Å². The van der Waals surface area contributed by atoms with Crippen LogP contribution in [0, 0.1) is 0 Å². The maximum absolute atomic E-state index is 11.6. The van der Waals surface area contributed by atoms with E-state index in [2.05, 4.69) is 15.6 Å². The fraction of sp³-hybridized carbons (Fsp3) is 0.417. The molecule has 1 aromatic heterocycles. The first kappa shape index (κ1) is 14.9. The molecular weight excluding hydrogens is 250 g/mol. The SMILES string of the molecule is COCCC(NC(=O)NCc1ccncc1)C(=O)O. The van der Waals surface area contributed by atoms with Gasteiger partial charge in [-0.15, -0.1) is 0 Å². The molecule has 0 aliphatic rings. The molecule has 7 heteroatoms. The van der Waals surface area contributed by atoms with Crippen LogP contribution in [-0.2, 0) is 16.1 Å². The second-order valence-corrected chi connectivity index (χ2v) is 3.85. The zero-order valence-electron chi connectivity index (χ0n) is 10.6. The van der Waals surface area contributed by atoms with E-state index < -0.39 is 18.0 Å². The van der Waals surface area contributed by atoms with Gasteiger partial charge in [0.2, 0.25) is 0 Å². The van der Waals surface area contributed by atoms with Crippen molar-refractivity contribution in [3.8, 4) is 0 Å². The highest BCUT2D eigenvalue weighted by Gasteiger charge is 2.19. The van der Waals surface area contributed by atoms with Crippen molar-refractivity contribution < 1.29 is 19.4 Å². The summed E-state index contributed by atoms with van der Waals surface area (Å²) in [4.78, 5) is 26.3. The van der Waals surface area contributed by atoms with Gasteiger partial charge in [0.1, 0.15) is 6.04 Å². The highest BCUT2D eigenvalue weighted by Crippen LogP contribution is 1.96. The summed E-state index contributed by atoms with van der Waals surface area (Å²) >= 11 is 0. The first-order chi connectivity index (χ1) is 9.13. The van der Waals surface area contributed by atoms with Gasteiger partial charge in [0.15, 0.2) is 0 Å². The van der Waals surface area contributed by atoms with Gasteiger partial charge < -0.3 is 20.5 Å². The zero-order valence-corrected chi connectivity index (χ0v) is 10.6. The lowest BCUT2D eigenvalue weighted by Crippen LogP contribution is -2.46. The summed E-state index contributed by atoms with van der Waals surface area (Å²) in [5.74, 6) is -1.09. The lowest BCUT2D eigenvalue weighted by atomic mass is 10.2. The molecule has 0 spiro atoms. The van der Waals surface area contributed by atoms with E-state index in [9.17, 15) is 9.59 Å². The van der Waals surface area contributed by atoms with E-state index in [-0.39, 0.29) is 13.0 Å². The number of urea groups is 1. The van der Waals surface area contributed by atoms with Gasteiger partial charge in [-0.2, -0.15) is 0 Å². The molecule has 0 saturated heterocycles. The zero-order chi connectivity index (χ0) is 14.1. The summed E-state index contributed by atoms with van der Waals surface area (Å²) in [5.41, 5.74) is 0.883. The van der Waals surface area contributed by atoms with Crippen LogP contribution in [0.4, 0.5) is 4.79 Å². The molecule has 104 valence electrons. The van der Waals surface area contributed by atoms with E-state index in [4.69, 9.17) is 9.84 Å². The predicted octanol–water partition coefficient (Wildman–Crippen LogP) is 0.370. The normalized spacial score (nSPS) is 11.6. The van der Waals surface area contributed by atoms with E-state index in [1.54, 1.807) is 24.5 Å². The van der Waals surface area contributed by atoms with E-state index in [0.29, 0.717) is 6.54 Å². The van der Waals surface area contributed by atoms with Crippen LogP contribution in [0.25, 0.3) is 0 Å². The number of carboxylic acids is 1. The van der Waals surface area contributed by atoms with Crippen molar-refractivity contribution in [2.45, 2.75) is 19.0 Å². The largest absolute Gasteiger partial charge is 0.480 e. The molecule has 0 aromatic carbocycles. The molecule has 0 radical (unpaired) electrons. The van der Waals surface area contributed by atoms with Crippen molar-refractivity contribution in [3.63, 3.8) is 0 Å². The van der Waals surface area contributed by atoms with E-state index in [1.165, 1.54) is 7.11 Å². The molecule has 1 unspecified atom stereocenters. The van der Waals surface area contributed by atoms with Gasteiger partial charge >= 0.3 is 12.0 Å². The Balaban J connectivity index is 2.38. The van der Waals surface area contributed by atoms with Crippen LogP contribution in [0.15, 0.2) is 24.5 Å². The van der Waals surface area contributed by atoms with Gasteiger partial charge in [0.05, 0.1) is 0 Å². The molecule has 0 fully saturated rings. The Morgan fingerprint density at radius 1 is 1.42 bits per heavy atom. The maximum atomic E-state index is 11.6. The van der Waals surface area contributed by atoms with Crippen molar-refractivity contribution in [1.82, 2.24) is 15.6 Å². The first-order valence-corrected chi connectivity index (χ1v) is 5.78. The van der Waals surface area contributed by atoms with Gasteiger partial charge in [0, 0.05) is 39.1 Å². The number of amides is 2. The Labute approximate surface area is 111 Å². The number of nitrogens with one attached hydrogen (secondary N) is 2. The van der Waals surface area contributed by atoms with Gasteiger partial charge in [-0.25, -0.2) is 9.59 Å². The number of carbonyl (C=O) groups excluding carboxylic acids is 1. The summed E-state index contributed by atoms with van der Waals surface area (Å²) in [5, 5.41) is 13.9. The van der Waals surface area contributed by atoms with Crippen molar-refractivity contribution in [2.24, 2.45) is 0 Å². The van der Waals surface area contributed by atoms with Crippen LogP contribution in [0.3, 0.4) is 0 Å². The van der Waals surface area contributed by atoms with Crippen LogP contribution in [0.1, 0.15) is 12.0 Å². The van der Waals surface area contributed by atoms with Crippen LogP contribution in [-0.4, -0.2) is 41.8 Å². The smallest absolute Gasteiger partial charge is 0.326 e. The minimum absolute atomic E-state index is 0.217. The molecule has 0 saturated carbocycles. The third-order valence-electron chi connectivity index (χ3n) is 2.42. The number of ether oxygens (including phenoxy) is 1. The number of carboxylic acid groups (broad SMARTS) is 1. The Hall–Kier alpha value is -2.15. The minimum atomic E-state index is -1.09. The number of aliphatic carboxylic acids is 1. The molecule has 0 aliphatic carbocycles. The summed E-state index contributed by atoms with van der Waals surface area (Å²) in [7, 11) is 1.47. The lowest BCUT2D eigenvalue weighted by molar-refractivity contribution is -0.139. The topological polar surface area (TPSA) is 101 Å². The van der Waals surface area contributed by atoms with Crippen LogP contribution < -0.4 is 10.6 Å². The fourth-order valence-electron chi connectivity index (χ4n) is 1.39. The average Bonchev–Trinajstić information content (AvgIpc) is 2.42. The standard InChI is InChI=1S/C12H17N3O4/c1-19-7-4-10(11(16)17)15-12(18)14-8-9-2-5-13-6-3-9/h2-3,5-6,10H,4,7-8H2,1H3,(H,16,17)(H2,14,15,18). The van der Waals surface area contributed by atoms with Crippen molar-refractivity contribution in [2.75, 3.05) is 13.7 Å². The Kier molecular flexibility index (Phi) is 6.31. The number of hydrogen-bond acceptors (Lipinski definition) is 4. The second-order valence-electron chi connectivity index (χ2n) is 3.85. The molecule has 7 nitrogen and oxygen atoms in total. The molecule has 1 aromatic rings. The minimum Gasteiger partial charge on any atom is -0.480 e.